The smallest absolute Gasteiger partial charge is 0.151 e. The number of benzene rings is 1. The molecule has 2 saturated heterocycles. The topological polar surface area (TPSA) is 32.3 Å². The van der Waals surface area contributed by atoms with E-state index in [-0.39, 0.29) is 0 Å². The summed E-state index contributed by atoms with van der Waals surface area (Å²) in [7, 11) is 0. The summed E-state index contributed by atoms with van der Waals surface area (Å²) in [5, 5.41) is 10.2. The molecule has 0 atom stereocenters. The van der Waals surface area contributed by atoms with Crippen LogP contribution in [0, 0.1) is 5.41 Å². The van der Waals surface area contributed by atoms with Crippen LogP contribution in [0.25, 0.3) is 11.3 Å². The minimum Gasteiger partial charge on any atom is -0.355 e. The lowest BCUT2D eigenvalue weighted by Gasteiger charge is -2.50. The Kier molecular flexibility index (Phi) is 5.44. The highest BCUT2D eigenvalue weighted by Crippen LogP contribution is 2.43. The maximum Gasteiger partial charge on any atom is 0.151 e. The number of piperidine rings is 2. The van der Waals surface area contributed by atoms with Crippen LogP contribution in [0.2, 0.25) is 10.0 Å². The van der Waals surface area contributed by atoms with Crippen LogP contribution in [0.1, 0.15) is 44.9 Å². The highest BCUT2D eigenvalue weighted by molar-refractivity contribution is 6.36. The Morgan fingerprint density at radius 2 is 1.59 bits per heavy atom. The number of aromatic nitrogens is 2. The summed E-state index contributed by atoms with van der Waals surface area (Å²) in [4.78, 5) is 5.15. The van der Waals surface area contributed by atoms with Crippen LogP contribution < -0.4 is 4.90 Å². The predicted molar refractivity (Wildman–Crippen MR) is 120 cm³/mol. The molecular formula is C23H28Cl2N4. The van der Waals surface area contributed by atoms with Gasteiger partial charge in [-0.25, -0.2) is 0 Å². The summed E-state index contributed by atoms with van der Waals surface area (Å²) < 4.78 is 0. The van der Waals surface area contributed by atoms with Gasteiger partial charge in [0.2, 0.25) is 0 Å². The van der Waals surface area contributed by atoms with E-state index in [0.717, 1.165) is 36.2 Å². The zero-order valence-corrected chi connectivity index (χ0v) is 18.3. The summed E-state index contributed by atoms with van der Waals surface area (Å²) in [6.07, 6.45) is 9.59. The number of rotatable bonds is 3. The fourth-order valence-electron chi connectivity index (χ4n) is 5.16. The molecule has 1 aromatic heterocycles. The molecule has 3 aliphatic rings. The quantitative estimate of drug-likeness (QED) is 0.626. The summed E-state index contributed by atoms with van der Waals surface area (Å²) in [5.74, 6) is 0.973. The lowest BCUT2D eigenvalue weighted by molar-refractivity contribution is 0.0305. The highest BCUT2D eigenvalue weighted by Gasteiger charge is 2.39. The third-order valence-electron chi connectivity index (χ3n) is 7.46. The molecule has 1 spiro atoms. The van der Waals surface area contributed by atoms with E-state index in [0.29, 0.717) is 15.5 Å². The van der Waals surface area contributed by atoms with Gasteiger partial charge in [-0.15, -0.1) is 10.2 Å². The molecule has 3 heterocycles. The van der Waals surface area contributed by atoms with E-state index in [9.17, 15) is 0 Å². The van der Waals surface area contributed by atoms with Crippen molar-refractivity contribution in [1.82, 2.24) is 15.1 Å². The van der Waals surface area contributed by atoms with Crippen LogP contribution in [0.15, 0.2) is 30.3 Å². The molecule has 5 rings (SSSR count). The molecule has 6 heteroatoms. The average Bonchev–Trinajstić information content (AvgIpc) is 2.70. The van der Waals surface area contributed by atoms with E-state index in [1.807, 2.05) is 18.2 Å². The Labute approximate surface area is 183 Å². The molecule has 2 aliphatic heterocycles. The second kappa shape index (κ2) is 8.05. The maximum atomic E-state index is 6.31. The van der Waals surface area contributed by atoms with Crippen LogP contribution in [0.4, 0.5) is 5.82 Å². The molecule has 0 amide bonds. The Morgan fingerprint density at radius 3 is 2.17 bits per heavy atom. The van der Waals surface area contributed by atoms with Crippen molar-refractivity contribution in [3.8, 4) is 11.3 Å². The van der Waals surface area contributed by atoms with Crippen molar-refractivity contribution in [2.24, 2.45) is 5.41 Å². The molecule has 29 heavy (non-hydrogen) atoms. The molecular weight excluding hydrogens is 403 g/mol. The molecule has 0 unspecified atom stereocenters. The normalized spacial score (nSPS) is 22.6. The number of hydrogen-bond acceptors (Lipinski definition) is 4. The Balaban J connectivity index is 1.20. The van der Waals surface area contributed by atoms with Gasteiger partial charge in [-0.1, -0.05) is 29.6 Å². The second-order valence-corrected chi connectivity index (χ2v) is 9.85. The van der Waals surface area contributed by atoms with Gasteiger partial charge in [-0.05, 0) is 87.4 Å². The monoisotopic (exact) mass is 430 g/mol. The summed E-state index contributed by atoms with van der Waals surface area (Å²) in [6, 6.07) is 10.5. The minimum absolute atomic E-state index is 0.556. The number of hydrogen-bond donors (Lipinski definition) is 0. The van der Waals surface area contributed by atoms with E-state index in [4.69, 9.17) is 23.2 Å². The molecule has 4 nitrogen and oxygen atoms in total. The molecule has 1 saturated carbocycles. The molecule has 3 fully saturated rings. The summed E-state index contributed by atoms with van der Waals surface area (Å²) in [6.45, 7) is 4.78. The SMILES string of the molecule is Clc1ccc(-c2ccc(N3CCC4(CC3)CCN(C3CCC3)CC4)nn2)c(Cl)c1. The molecule has 2 aromatic rings. The van der Waals surface area contributed by atoms with Crippen LogP contribution in [0.3, 0.4) is 0 Å². The first kappa shape index (κ1) is 19.6. The summed E-state index contributed by atoms with van der Waals surface area (Å²) in [5.41, 5.74) is 2.21. The molecule has 0 bridgehead atoms. The lowest BCUT2D eigenvalue weighted by Crippen LogP contribution is -2.51. The standard InChI is InChI=1S/C23H28Cl2N4/c24-17-4-5-19(20(25)16-17)21-6-7-22(27-26-21)29-14-10-23(11-15-29)8-12-28(13-9-23)18-2-1-3-18/h4-7,16,18H,1-3,8-15H2. The van der Waals surface area contributed by atoms with Crippen LogP contribution in [0.5, 0.6) is 0 Å². The van der Waals surface area contributed by atoms with E-state index in [1.165, 1.54) is 58.0 Å². The Hall–Kier alpha value is -1.36. The van der Waals surface area contributed by atoms with E-state index < -0.39 is 0 Å². The molecule has 154 valence electrons. The first-order chi connectivity index (χ1) is 14.1. The van der Waals surface area contributed by atoms with Crippen molar-refractivity contribution in [3.05, 3.63) is 40.4 Å². The lowest BCUT2D eigenvalue weighted by atomic mass is 9.70. The van der Waals surface area contributed by atoms with Crippen molar-refractivity contribution < 1.29 is 0 Å². The number of anilines is 1. The minimum atomic E-state index is 0.556. The fraction of sp³-hybridized carbons (Fsp3) is 0.565. The van der Waals surface area contributed by atoms with Gasteiger partial charge < -0.3 is 9.80 Å². The predicted octanol–water partition coefficient (Wildman–Crippen LogP) is 5.69. The van der Waals surface area contributed by atoms with Gasteiger partial charge in [0.25, 0.3) is 0 Å². The Morgan fingerprint density at radius 1 is 0.862 bits per heavy atom. The Bertz CT molecular complexity index is 848. The van der Waals surface area contributed by atoms with Crippen molar-refractivity contribution in [2.45, 2.75) is 51.0 Å². The van der Waals surface area contributed by atoms with Gasteiger partial charge in [0, 0.05) is 29.7 Å². The maximum absolute atomic E-state index is 6.31. The van der Waals surface area contributed by atoms with Crippen LogP contribution in [-0.2, 0) is 0 Å². The highest BCUT2D eigenvalue weighted by atomic mass is 35.5. The van der Waals surface area contributed by atoms with Crippen molar-refractivity contribution in [2.75, 3.05) is 31.1 Å². The molecule has 1 aliphatic carbocycles. The average molecular weight is 431 g/mol. The van der Waals surface area contributed by atoms with Crippen molar-refractivity contribution >= 4 is 29.0 Å². The second-order valence-electron chi connectivity index (χ2n) is 9.01. The first-order valence-corrected chi connectivity index (χ1v) is 11.7. The number of nitrogens with zero attached hydrogens (tertiary/aromatic N) is 4. The molecule has 0 radical (unpaired) electrons. The van der Waals surface area contributed by atoms with Gasteiger partial charge >= 0.3 is 0 Å². The van der Waals surface area contributed by atoms with Crippen molar-refractivity contribution in [3.63, 3.8) is 0 Å². The van der Waals surface area contributed by atoms with E-state index in [2.05, 4.69) is 26.1 Å². The molecule has 0 N–H and O–H groups in total. The fourth-order valence-corrected chi connectivity index (χ4v) is 5.67. The third-order valence-corrected chi connectivity index (χ3v) is 8.00. The summed E-state index contributed by atoms with van der Waals surface area (Å²) >= 11 is 12.3. The third kappa shape index (κ3) is 3.99. The van der Waals surface area contributed by atoms with E-state index >= 15 is 0 Å². The van der Waals surface area contributed by atoms with Gasteiger partial charge in [0.05, 0.1) is 10.7 Å². The van der Waals surface area contributed by atoms with Crippen LogP contribution >= 0.6 is 23.2 Å². The first-order valence-electron chi connectivity index (χ1n) is 10.9. The van der Waals surface area contributed by atoms with Gasteiger partial charge in [0.1, 0.15) is 0 Å². The number of halogens is 2. The number of likely N-dealkylation sites (tertiary alicyclic amines) is 1. The van der Waals surface area contributed by atoms with E-state index in [1.54, 1.807) is 6.07 Å². The van der Waals surface area contributed by atoms with Gasteiger partial charge in [0.15, 0.2) is 5.82 Å². The zero-order chi connectivity index (χ0) is 19.8. The molecule has 1 aromatic carbocycles. The largest absolute Gasteiger partial charge is 0.355 e. The van der Waals surface area contributed by atoms with Crippen LogP contribution in [-0.4, -0.2) is 47.3 Å². The van der Waals surface area contributed by atoms with Gasteiger partial charge in [-0.3, -0.25) is 0 Å². The van der Waals surface area contributed by atoms with Gasteiger partial charge in [-0.2, -0.15) is 0 Å². The van der Waals surface area contributed by atoms with Crippen molar-refractivity contribution in [1.29, 1.82) is 0 Å². The zero-order valence-electron chi connectivity index (χ0n) is 16.8.